The number of nitrogens with zero attached hydrogens (tertiary/aromatic N) is 4. The maximum Gasteiger partial charge on any atom is 0.237 e. The number of thioether (sulfide) groups is 1. The molecule has 0 spiro atoms. The van der Waals surface area contributed by atoms with E-state index in [1.807, 2.05) is 23.1 Å². The van der Waals surface area contributed by atoms with Gasteiger partial charge in [0.15, 0.2) is 0 Å². The number of hydrogen-bond acceptors (Lipinski definition) is 5. The molecule has 1 aliphatic rings. The number of anilines is 1. The van der Waals surface area contributed by atoms with Gasteiger partial charge in [0.25, 0.3) is 0 Å². The van der Waals surface area contributed by atoms with Crippen molar-refractivity contribution in [2.24, 2.45) is 0 Å². The lowest BCUT2D eigenvalue weighted by atomic mass is 10.2. The number of nitrogens with two attached hydrogens (primary N) is 1. The highest BCUT2D eigenvalue weighted by Gasteiger charge is 2.24. The van der Waals surface area contributed by atoms with E-state index in [2.05, 4.69) is 16.3 Å². The highest BCUT2D eigenvalue weighted by Crippen LogP contribution is 2.28. The number of para-hydroxylation sites is 1. The summed E-state index contributed by atoms with van der Waals surface area (Å²) in [5, 5.41) is 8.37. The smallest absolute Gasteiger partial charge is 0.237 e. The Morgan fingerprint density at radius 2 is 2.20 bits per heavy atom. The number of nitrogen functional groups attached to an aromatic ring is 1. The van der Waals surface area contributed by atoms with E-state index in [4.69, 9.17) is 5.84 Å². The third-order valence-corrected chi connectivity index (χ3v) is 4.28. The molecule has 20 heavy (non-hydrogen) atoms. The van der Waals surface area contributed by atoms with Crippen molar-refractivity contribution in [1.29, 1.82) is 0 Å². The molecule has 2 N–H and O–H groups in total. The molecular weight excluding hydrogens is 274 g/mol. The number of fused-ring (bicyclic) bond motifs is 1. The molecule has 6 nitrogen and oxygen atoms in total. The minimum atomic E-state index is 0.0700. The summed E-state index contributed by atoms with van der Waals surface area (Å²) in [5.41, 5.74) is 2.24. The van der Waals surface area contributed by atoms with Gasteiger partial charge in [-0.3, -0.25) is 4.79 Å². The van der Waals surface area contributed by atoms with Crippen molar-refractivity contribution in [2.75, 3.05) is 23.0 Å². The maximum atomic E-state index is 12.3. The van der Waals surface area contributed by atoms with Gasteiger partial charge in [0.2, 0.25) is 11.1 Å². The second-order valence-electron chi connectivity index (χ2n) is 4.61. The van der Waals surface area contributed by atoms with Crippen LogP contribution in [0.1, 0.15) is 11.4 Å². The first kappa shape index (κ1) is 13.0. The van der Waals surface area contributed by atoms with Gasteiger partial charge in [-0.15, -0.1) is 10.2 Å². The fourth-order valence-corrected chi connectivity index (χ4v) is 3.03. The minimum Gasteiger partial charge on any atom is -0.336 e. The molecule has 3 rings (SSSR count). The Balaban J connectivity index is 1.68. The van der Waals surface area contributed by atoms with E-state index in [1.54, 1.807) is 6.92 Å². The van der Waals surface area contributed by atoms with Crippen molar-refractivity contribution < 1.29 is 4.79 Å². The predicted molar refractivity (Wildman–Crippen MR) is 78.1 cm³/mol. The lowest BCUT2D eigenvalue weighted by Crippen LogP contribution is -2.30. The van der Waals surface area contributed by atoms with Crippen molar-refractivity contribution in [2.45, 2.75) is 18.5 Å². The number of amides is 1. The van der Waals surface area contributed by atoms with Crippen LogP contribution in [0.25, 0.3) is 0 Å². The molecule has 0 saturated carbocycles. The highest BCUT2D eigenvalue weighted by atomic mass is 32.2. The third kappa shape index (κ3) is 2.24. The Bertz CT molecular complexity index is 654. The van der Waals surface area contributed by atoms with E-state index in [0.717, 1.165) is 18.7 Å². The quantitative estimate of drug-likeness (QED) is 0.673. The van der Waals surface area contributed by atoms with Crippen molar-refractivity contribution >= 4 is 23.4 Å². The molecule has 0 atom stereocenters. The van der Waals surface area contributed by atoms with Gasteiger partial charge >= 0.3 is 0 Å². The van der Waals surface area contributed by atoms with Crippen molar-refractivity contribution in [1.82, 2.24) is 14.9 Å². The normalized spacial score (nSPS) is 13.6. The Kier molecular flexibility index (Phi) is 3.35. The summed E-state index contributed by atoms with van der Waals surface area (Å²) in [6, 6.07) is 8.01. The van der Waals surface area contributed by atoms with Crippen LogP contribution in [0.5, 0.6) is 0 Å². The largest absolute Gasteiger partial charge is 0.336 e. The Morgan fingerprint density at radius 1 is 1.40 bits per heavy atom. The molecule has 0 bridgehead atoms. The van der Waals surface area contributed by atoms with E-state index in [0.29, 0.717) is 16.7 Å². The molecule has 104 valence electrons. The van der Waals surface area contributed by atoms with Gasteiger partial charge in [0.1, 0.15) is 5.82 Å². The van der Waals surface area contributed by atoms with Gasteiger partial charge in [-0.05, 0) is 25.0 Å². The summed E-state index contributed by atoms with van der Waals surface area (Å²) >= 11 is 1.31. The van der Waals surface area contributed by atoms with E-state index >= 15 is 0 Å². The molecule has 2 aromatic rings. The van der Waals surface area contributed by atoms with Crippen LogP contribution in [0.15, 0.2) is 29.4 Å². The van der Waals surface area contributed by atoms with Crippen molar-refractivity contribution in [3.8, 4) is 0 Å². The van der Waals surface area contributed by atoms with Crippen LogP contribution in [-0.4, -0.2) is 33.1 Å². The van der Waals surface area contributed by atoms with E-state index in [-0.39, 0.29) is 5.91 Å². The summed E-state index contributed by atoms with van der Waals surface area (Å²) in [4.78, 5) is 14.1. The Morgan fingerprint density at radius 3 is 2.95 bits per heavy atom. The molecule has 2 heterocycles. The topological polar surface area (TPSA) is 77.0 Å². The zero-order valence-electron chi connectivity index (χ0n) is 11.1. The van der Waals surface area contributed by atoms with Gasteiger partial charge in [-0.1, -0.05) is 30.0 Å². The van der Waals surface area contributed by atoms with Gasteiger partial charge in [-0.2, -0.15) is 0 Å². The number of aryl methyl sites for hydroxylation is 1. The third-order valence-electron chi connectivity index (χ3n) is 3.35. The number of hydrogen-bond donors (Lipinski definition) is 1. The first-order valence-electron chi connectivity index (χ1n) is 6.35. The van der Waals surface area contributed by atoms with Crippen LogP contribution in [0, 0.1) is 6.92 Å². The fraction of sp³-hybridized carbons (Fsp3) is 0.308. The lowest BCUT2D eigenvalue weighted by Gasteiger charge is -2.16. The zero-order valence-corrected chi connectivity index (χ0v) is 11.9. The molecule has 0 saturated heterocycles. The summed E-state index contributed by atoms with van der Waals surface area (Å²) in [6.07, 6.45) is 0.915. The van der Waals surface area contributed by atoms with E-state index < -0.39 is 0 Å². The molecule has 0 unspecified atom stereocenters. The molecule has 0 radical (unpaired) electrons. The maximum absolute atomic E-state index is 12.3. The molecular formula is C13H15N5OS. The molecule has 1 amide bonds. The van der Waals surface area contributed by atoms with Crippen LogP contribution < -0.4 is 10.7 Å². The zero-order chi connectivity index (χ0) is 14.1. The van der Waals surface area contributed by atoms with Crippen LogP contribution in [0.3, 0.4) is 0 Å². The van der Waals surface area contributed by atoms with Gasteiger partial charge in [0, 0.05) is 12.2 Å². The fourth-order valence-electron chi connectivity index (χ4n) is 2.25. The SMILES string of the molecule is Cc1nnc(SCC(=O)N2CCc3ccccc32)n1N. The molecule has 0 aliphatic carbocycles. The molecule has 7 heteroatoms. The van der Waals surface area contributed by atoms with Crippen LogP contribution in [-0.2, 0) is 11.2 Å². The van der Waals surface area contributed by atoms with Crippen LogP contribution in [0.2, 0.25) is 0 Å². The first-order chi connectivity index (χ1) is 9.66. The number of carbonyl (C=O) groups excluding carboxylic acids is 1. The number of benzene rings is 1. The Hall–Kier alpha value is -2.02. The molecule has 1 aliphatic heterocycles. The average molecular weight is 289 g/mol. The number of aromatic nitrogens is 3. The first-order valence-corrected chi connectivity index (χ1v) is 7.33. The molecule has 1 aromatic carbocycles. The molecule has 1 aromatic heterocycles. The van der Waals surface area contributed by atoms with Crippen LogP contribution >= 0.6 is 11.8 Å². The van der Waals surface area contributed by atoms with Gasteiger partial charge < -0.3 is 10.7 Å². The summed E-state index contributed by atoms with van der Waals surface area (Å²) < 4.78 is 1.40. The van der Waals surface area contributed by atoms with E-state index in [9.17, 15) is 4.79 Å². The average Bonchev–Trinajstić information content (AvgIpc) is 3.02. The second-order valence-corrected chi connectivity index (χ2v) is 5.56. The molecule has 0 fully saturated rings. The van der Waals surface area contributed by atoms with Crippen molar-refractivity contribution in [3.05, 3.63) is 35.7 Å². The lowest BCUT2D eigenvalue weighted by molar-refractivity contribution is -0.116. The van der Waals surface area contributed by atoms with Crippen molar-refractivity contribution in [3.63, 3.8) is 0 Å². The summed E-state index contributed by atoms with van der Waals surface area (Å²) in [7, 11) is 0. The minimum absolute atomic E-state index is 0.0700. The number of rotatable bonds is 3. The highest BCUT2D eigenvalue weighted by molar-refractivity contribution is 7.99. The second kappa shape index (κ2) is 5.16. The Labute approximate surface area is 120 Å². The van der Waals surface area contributed by atoms with Gasteiger partial charge in [-0.25, -0.2) is 4.68 Å². The standard InChI is InChI=1S/C13H15N5OS/c1-9-15-16-13(18(9)14)20-8-12(19)17-7-6-10-4-2-3-5-11(10)17/h2-5H,6-8,14H2,1H3. The summed E-state index contributed by atoms with van der Waals surface area (Å²) in [5.74, 6) is 6.77. The predicted octanol–water partition coefficient (Wildman–Crippen LogP) is 0.982. The number of carbonyl (C=O) groups is 1. The monoisotopic (exact) mass is 289 g/mol. The van der Waals surface area contributed by atoms with Gasteiger partial charge in [0.05, 0.1) is 5.75 Å². The van der Waals surface area contributed by atoms with Crippen LogP contribution in [0.4, 0.5) is 5.69 Å². The van der Waals surface area contributed by atoms with E-state index in [1.165, 1.54) is 22.0 Å². The summed E-state index contributed by atoms with van der Waals surface area (Å²) in [6.45, 7) is 2.52.